The Bertz CT molecular complexity index is 178. The molecule has 0 aliphatic carbocycles. The van der Waals surface area contributed by atoms with Crippen LogP contribution in [0, 0.1) is 11.8 Å². The van der Waals surface area contributed by atoms with Crippen LogP contribution in [0.25, 0.3) is 0 Å². The molecule has 0 aromatic rings. The van der Waals surface area contributed by atoms with Gasteiger partial charge in [0.15, 0.2) is 0 Å². The minimum absolute atomic E-state index is 0.740. The van der Waals surface area contributed by atoms with E-state index < -0.39 is 0 Å². The summed E-state index contributed by atoms with van der Waals surface area (Å²) < 4.78 is 0. The molecule has 0 radical (unpaired) electrons. The van der Waals surface area contributed by atoms with Gasteiger partial charge in [0.25, 0.3) is 0 Å². The predicted molar refractivity (Wildman–Crippen MR) is 60.3 cm³/mol. The highest BCUT2D eigenvalue weighted by atomic mass is 14.5. The van der Waals surface area contributed by atoms with E-state index >= 15 is 0 Å². The monoisotopic (exact) mass is 181 g/mol. The molecule has 0 saturated heterocycles. The van der Waals surface area contributed by atoms with Crippen LogP contribution in [0.15, 0.2) is 23.9 Å². The van der Waals surface area contributed by atoms with Gasteiger partial charge in [-0.3, -0.25) is 0 Å². The molecule has 0 saturated carbocycles. The van der Waals surface area contributed by atoms with Crippen LogP contribution in [-0.4, -0.2) is 0 Å². The van der Waals surface area contributed by atoms with Gasteiger partial charge in [-0.05, 0) is 37.7 Å². The lowest BCUT2D eigenvalue weighted by Crippen LogP contribution is -2.00. The van der Waals surface area contributed by atoms with E-state index in [0.717, 1.165) is 24.0 Å². The molecular formula is C12H23N. The van der Waals surface area contributed by atoms with Crippen molar-refractivity contribution in [2.75, 3.05) is 0 Å². The van der Waals surface area contributed by atoms with Crippen LogP contribution in [-0.2, 0) is 0 Å². The van der Waals surface area contributed by atoms with Crippen molar-refractivity contribution in [2.24, 2.45) is 17.6 Å². The number of allylic oxidation sites excluding steroid dienone is 3. The van der Waals surface area contributed by atoms with Crippen molar-refractivity contribution >= 4 is 0 Å². The Morgan fingerprint density at radius 1 is 1.31 bits per heavy atom. The molecule has 0 aliphatic rings. The molecule has 1 nitrogen and oxygen atoms in total. The molecule has 1 unspecified atom stereocenters. The predicted octanol–water partition coefficient (Wildman–Crippen LogP) is 3.48. The standard InChI is InChI=1S/C12H23N/c1-5-6-12(13)8-7-11(4)9-10(2)3/h5-6,8,10-11H,7,9,13H2,1-4H3/b6-5-,12-8+. The first-order valence-corrected chi connectivity index (χ1v) is 5.14. The molecule has 0 bridgehead atoms. The average Bonchev–Trinajstić information content (AvgIpc) is 2.00. The van der Waals surface area contributed by atoms with Crippen LogP contribution < -0.4 is 5.73 Å². The van der Waals surface area contributed by atoms with E-state index in [2.05, 4.69) is 26.8 Å². The summed E-state index contributed by atoms with van der Waals surface area (Å²) in [7, 11) is 0. The summed E-state index contributed by atoms with van der Waals surface area (Å²) in [6.45, 7) is 8.78. The Hall–Kier alpha value is -0.720. The Labute approximate surface area is 82.7 Å². The van der Waals surface area contributed by atoms with Gasteiger partial charge >= 0.3 is 0 Å². The van der Waals surface area contributed by atoms with E-state index in [4.69, 9.17) is 5.73 Å². The molecule has 76 valence electrons. The normalized spacial score (nSPS) is 15.6. The Kier molecular flexibility index (Phi) is 6.38. The molecule has 0 amide bonds. The fourth-order valence-electron chi connectivity index (χ4n) is 1.50. The summed E-state index contributed by atoms with van der Waals surface area (Å²) >= 11 is 0. The van der Waals surface area contributed by atoms with Crippen molar-refractivity contribution in [1.29, 1.82) is 0 Å². The van der Waals surface area contributed by atoms with Crippen LogP contribution in [0.5, 0.6) is 0 Å². The van der Waals surface area contributed by atoms with Crippen molar-refractivity contribution in [3.63, 3.8) is 0 Å². The summed E-state index contributed by atoms with van der Waals surface area (Å²) in [6.07, 6.45) is 8.40. The molecule has 0 rings (SSSR count). The second-order valence-electron chi connectivity index (χ2n) is 4.17. The first kappa shape index (κ1) is 12.3. The second-order valence-corrected chi connectivity index (χ2v) is 4.17. The van der Waals surface area contributed by atoms with Crippen LogP contribution in [0.2, 0.25) is 0 Å². The Morgan fingerprint density at radius 3 is 2.38 bits per heavy atom. The third-order valence-electron chi connectivity index (χ3n) is 1.99. The molecule has 0 aliphatic heterocycles. The number of hydrogen-bond donors (Lipinski definition) is 1. The van der Waals surface area contributed by atoms with Gasteiger partial charge in [-0.15, -0.1) is 0 Å². The third kappa shape index (κ3) is 7.63. The highest BCUT2D eigenvalue weighted by Gasteiger charge is 2.02. The molecule has 2 N–H and O–H groups in total. The quantitative estimate of drug-likeness (QED) is 0.646. The molecule has 0 fully saturated rings. The van der Waals surface area contributed by atoms with Gasteiger partial charge in [0, 0.05) is 5.70 Å². The first-order valence-electron chi connectivity index (χ1n) is 5.14. The summed E-state index contributed by atoms with van der Waals surface area (Å²) in [4.78, 5) is 0. The van der Waals surface area contributed by atoms with Gasteiger partial charge < -0.3 is 5.73 Å². The Balaban J connectivity index is 3.79. The van der Waals surface area contributed by atoms with E-state index in [1.54, 1.807) is 0 Å². The van der Waals surface area contributed by atoms with Gasteiger partial charge in [-0.25, -0.2) is 0 Å². The number of hydrogen-bond acceptors (Lipinski definition) is 1. The minimum atomic E-state index is 0.740. The lowest BCUT2D eigenvalue weighted by Gasteiger charge is -2.11. The van der Waals surface area contributed by atoms with Crippen molar-refractivity contribution in [3.8, 4) is 0 Å². The van der Waals surface area contributed by atoms with E-state index in [-0.39, 0.29) is 0 Å². The highest BCUT2D eigenvalue weighted by molar-refractivity contribution is 5.13. The second kappa shape index (κ2) is 6.76. The van der Waals surface area contributed by atoms with Crippen LogP contribution >= 0.6 is 0 Å². The fraction of sp³-hybridized carbons (Fsp3) is 0.667. The third-order valence-corrected chi connectivity index (χ3v) is 1.99. The molecule has 0 heterocycles. The average molecular weight is 181 g/mol. The Morgan fingerprint density at radius 2 is 1.92 bits per heavy atom. The summed E-state index contributed by atoms with van der Waals surface area (Å²) in [5.74, 6) is 1.52. The summed E-state index contributed by atoms with van der Waals surface area (Å²) in [5.41, 5.74) is 6.62. The van der Waals surface area contributed by atoms with Crippen molar-refractivity contribution in [2.45, 2.75) is 40.5 Å². The maximum absolute atomic E-state index is 5.74. The smallest absolute Gasteiger partial charge is 0.0270 e. The van der Waals surface area contributed by atoms with Crippen LogP contribution in [0.1, 0.15) is 40.5 Å². The molecular weight excluding hydrogens is 158 g/mol. The van der Waals surface area contributed by atoms with Crippen molar-refractivity contribution in [1.82, 2.24) is 0 Å². The summed E-state index contributed by atoms with van der Waals surface area (Å²) in [5, 5.41) is 0. The molecule has 0 aromatic carbocycles. The minimum Gasteiger partial charge on any atom is -0.399 e. The van der Waals surface area contributed by atoms with Gasteiger partial charge in [-0.2, -0.15) is 0 Å². The summed E-state index contributed by atoms with van der Waals surface area (Å²) in [6, 6.07) is 0. The van der Waals surface area contributed by atoms with E-state index in [1.807, 2.05) is 19.1 Å². The van der Waals surface area contributed by atoms with Gasteiger partial charge in [0.1, 0.15) is 0 Å². The van der Waals surface area contributed by atoms with Crippen molar-refractivity contribution < 1.29 is 0 Å². The van der Waals surface area contributed by atoms with Crippen LogP contribution in [0.3, 0.4) is 0 Å². The highest BCUT2D eigenvalue weighted by Crippen LogP contribution is 2.15. The zero-order valence-corrected chi connectivity index (χ0v) is 9.38. The molecule has 13 heavy (non-hydrogen) atoms. The van der Waals surface area contributed by atoms with Gasteiger partial charge in [0.2, 0.25) is 0 Å². The SMILES string of the molecule is C/C=C\C(N)=C/CC(C)CC(C)C. The number of nitrogens with two attached hydrogens (primary N) is 1. The zero-order chi connectivity index (χ0) is 10.3. The molecule has 1 atom stereocenters. The maximum atomic E-state index is 5.74. The maximum Gasteiger partial charge on any atom is 0.0270 e. The van der Waals surface area contributed by atoms with Crippen molar-refractivity contribution in [3.05, 3.63) is 23.9 Å². The van der Waals surface area contributed by atoms with Gasteiger partial charge in [-0.1, -0.05) is 32.9 Å². The molecule has 0 aromatic heterocycles. The first-order chi connectivity index (χ1) is 6.06. The van der Waals surface area contributed by atoms with Crippen LogP contribution in [0.4, 0.5) is 0 Å². The fourth-order valence-corrected chi connectivity index (χ4v) is 1.50. The molecule has 0 spiro atoms. The lowest BCUT2D eigenvalue weighted by atomic mass is 9.96. The van der Waals surface area contributed by atoms with E-state index in [1.165, 1.54) is 6.42 Å². The van der Waals surface area contributed by atoms with E-state index in [9.17, 15) is 0 Å². The topological polar surface area (TPSA) is 26.0 Å². The van der Waals surface area contributed by atoms with E-state index in [0.29, 0.717) is 0 Å². The van der Waals surface area contributed by atoms with Gasteiger partial charge in [0.05, 0.1) is 0 Å². The molecule has 1 heteroatoms. The number of rotatable bonds is 5. The zero-order valence-electron chi connectivity index (χ0n) is 9.38. The lowest BCUT2D eigenvalue weighted by molar-refractivity contribution is 0.442. The largest absolute Gasteiger partial charge is 0.399 e.